The number of primary amides is 1. The third kappa shape index (κ3) is 5.33. The first-order valence-electron chi connectivity index (χ1n) is 11.6. The molecule has 6 nitrogen and oxygen atoms in total. The molecule has 0 radical (unpaired) electrons. The van der Waals surface area contributed by atoms with Crippen molar-refractivity contribution in [2.24, 2.45) is 5.73 Å². The molecule has 0 atom stereocenters. The van der Waals surface area contributed by atoms with Gasteiger partial charge in [0.05, 0.1) is 0 Å². The summed E-state index contributed by atoms with van der Waals surface area (Å²) >= 11 is 0. The summed E-state index contributed by atoms with van der Waals surface area (Å²) in [7, 11) is 0. The maximum atomic E-state index is 14.3. The van der Waals surface area contributed by atoms with Crippen LogP contribution in [0.2, 0.25) is 0 Å². The van der Waals surface area contributed by atoms with Gasteiger partial charge in [-0.25, -0.2) is 13.6 Å². The lowest BCUT2D eigenvalue weighted by Gasteiger charge is -2.33. The minimum Gasteiger partial charge on any atom is -0.350 e. The van der Waals surface area contributed by atoms with Crippen molar-refractivity contribution in [3.8, 4) is 0 Å². The van der Waals surface area contributed by atoms with Gasteiger partial charge in [-0.1, -0.05) is 19.1 Å². The minimum atomic E-state index is -1.07. The van der Waals surface area contributed by atoms with Crippen molar-refractivity contribution in [2.75, 3.05) is 24.6 Å². The number of hydrazine groups is 1. The Morgan fingerprint density at radius 3 is 2.39 bits per heavy atom. The zero-order valence-corrected chi connectivity index (χ0v) is 18.8. The fourth-order valence-electron chi connectivity index (χ4n) is 4.64. The first kappa shape index (κ1) is 23.2. The Labute approximate surface area is 192 Å². The first-order chi connectivity index (χ1) is 15.9. The molecule has 1 saturated carbocycles. The zero-order chi connectivity index (χ0) is 23.5. The molecule has 0 unspecified atom stereocenters. The van der Waals surface area contributed by atoms with Gasteiger partial charge >= 0.3 is 6.03 Å². The molecule has 8 heteroatoms. The van der Waals surface area contributed by atoms with E-state index in [2.05, 4.69) is 23.3 Å². The van der Waals surface area contributed by atoms with Crippen LogP contribution in [0.4, 0.5) is 19.3 Å². The Morgan fingerprint density at radius 2 is 1.79 bits per heavy atom. The molecule has 3 amide bonds. The fourth-order valence-corrected chi connectivity index (χ4v) is 4.64. The van der Waals surface area contributed by atoms with Crippen LogP contribution in [0.15, 0.2) is 36.4 Å². The highest BCUT2D eigenvalue weighted by atomic mass is 19.1. The van der Waals surface area contributed by atoms with Crippen LogP contribution in [-0.4, -0.2) is 36.5 Å². The number of piperidine rings is 1. The molecule has 4 rings (SSSR count). The summed E-state index contributed by atoms with van der Waals surface area (Å²) in [6, 6.07) is 7.50. The van der Waals surface area contributed by atoms with E-state index >= 15 is 0 Å². The van der Waals surface area contributed by atoms with Gasteiger partial charge in [0.1, 0.15) is 11.5 Å². The van der Waals surface area contributed by atoms with Gasteiger partial charge in [0, 0.05) is 11.6 Å². The summed E-state index contributed by atoms with van der Waals surface area (Å²) in [6.07, 6.45) is 5.30. The summed E-state index contributed by atoms with van der Waals surface area (Å²) in [5.41, 5.74) is 10.1. The van der Waals surface area contributed by atoms with E-state index in [1.165, 1.54) is 5.56 Å². The molecule has 2 aliphatic rings. The Morgan fingerprint density at radius 1 is 1.06 bits per heavy atom. The van der Waals surface area contributed by atoms with Crippen LogP contribution in [0, 0.1) is 11.6 Å². The number of benzene rings is 2. The monoisotopic (exact) mass is 456 g/mol. The quantitative estimate of drug-likeness (QED) is 0.621. The van der Waals surface area contributed by atoms with Crippen molar-refractivity contribution in [1.82, 2.24) is 10.3 Å². The van der Waals surface area contributed by atoms with Crippen molar-refractivity contribution in [1.29, 1.82) is 0 Å². The summed E-state index contributed by atoms with van der Waals surface area (Å²) in [4.78, 5) is 27.7. The number of rotatable bonds is 6. The molecule has 2 fully saturated rings. The first-order valence-corrected chi connectivity index (χ1v) is 11.6. The van der Waals surface area contributed by atoms with Gasteiger partial charge in [0.15, 0.2) is 5.82 Å². The smallest absolute Gasteiger partial charge is 0.338 e. The van der Waals surface area contributed by atoms with E-state index in [9.17, 15) is 18.4 Å². The van der Waals surface area contributed by atoms with Crippen LogP contribution in [-0.2, 0) is 0 Å². The van der Waals surface area contributed by atoms with Crippen LogP contribution >= 0.6 is 0 Å². The predicted molar refractivity (Wildman–Crippen MR) is 123 cm³/mol. The van der Waals surface area contributed by atoms with E-state index in [-0.39, 0.29) is 11.6 Å². The highest BCUT2D eigenvalue weighted by Gasteiger charge is 2.30. The van der Waals surface area contributed by atoms with Gasteiger partial charge in [-0.15, -0.1) is 0 Å². The number of hydrogen-bond donors (Lipinski definition) is 2. The number of nitrogens with two attached hydrogens (primary N) is 1. The van der Waals surface area contributed by atoms with Crippen LogP contribution in [0.5, 0.6) is 0 Å². The molecular formula is C25H30F2N4O2. The fraction of sp³-hybridized carbons (Fsp3) is 0.440. The summed E-state index contributed by atoms with van der Waals surface area (Å²) < 4.78 is 27.6. The van der Waals surface area contributed by atoms with Crippen molar-refractivity contribution in [3.63, 3.8) is 0 Å². The molecule has 2 aromatic rings. The highest BCUT2D eigenvalue weighted by molar-refractivity contribution is 6.01. The van der Waals surface area contributed by atoms with Crippen molar-refractivity contribution in [3.05, 3.63) is 64.7 Å². The average Bonchev–Trinajstić information content (AvgIpc) is 3.64. The molecule has 0 spiro atoms. The molecule has 1 heterocycles. The minimum absolute atomic E-state index is 0.224. The van der Waals surface area contributed by atoms with E-state index in [1.807, 2.05) is 6.07 Å². The van der Waals surface area contributed by atoms with Crippen LogP contribution < -0.4 is 16.2 Å². The van der Waals surface area contributed by atoms with Gasteiger partial charge in [-0.2, -0.15) is 5.01 Å². The Balaban J connectivity index is 1.60. The highest BCUT2D eigenvalue weighted by Crippen LogP contribution is 2.42. The number of nitrogens with zero attached hydrogens (tertiary/aromatic N) is 2. The van der Waals surface area contributed by atoms with Crippen LogP contribution in [0.25, 0.3) is 0 Å². The summed E-state index contributed by atoms with van der Waals surface area (Å²) in [5, 5.41) is 0.625. The Bertz CT molecular complexity index is 1030. The number of likely N-dealkylation sites (tertiary alicyclic amines) is 1. The maximum absolute atomic E-state index is 14.3. The average molecular weight is 457 g/mol. The molecule has 3 N–H and O–H groups in total. The topological polar surface area (TPSA) is 78.7 Å². The largest absolute Gasteiger partial charge is 0.350 e. The van der Waals surface area contributed by atoms with Crippen LogP contribution in [0.3, 0.4) is 0 Å². The molecular weight excluding hydrogens is 426 g/mol. The number of hydrogen-bond acceptors (Lipinski definition) is 3. The van der Waals surface area contributed by atoms with Crippen molar-refractivity contribution < 1.29 is 18.4 Å². The maximum Gasteiger partial charge on any atom is 0.338 e. The second-order valence-corrected chi connectivity index (χ2v) is 8.95. The number of carbonyl (C=O) groups excluding carboxylic acids is 2. The van der Waals surface area contributed by atoms with E-state index < -0.39 is 23.6 Å². The van der Waals surface area contributed by atoms with E-state index in [1.54, 1.807) is 6.07 Å². The van der Waals surface area contributed by atoms with Gasteiger partial charge in [0.2, 0.25) is 0 Å². The molecule has 33 heavy (non-hydrogen) atoms. The normalized spacial score (nSPS) is 17.1. The van der Waals surface area contributed by atoms with Crippen LogP contribution in [0.1, 0.15) is 72.3 Å². The number of anilines is 1. The van der Waals surface area contributed by atoms with E-state index in [0.29, 0.717) is 22.6 Å². The predicted octanol–water partition coefficient (Wildman–Crippen LogP) is 4.66. The lowest BCUT2D eigenvalue weighted by Crippen LogP contribution is -2.50. The lowest BCUT2D eigenvalue weighted by molar-refractivity contribution is 0.0948. The SMILES string of the molecule is CCCN1CCC(c2cc(C3CC3)ccc2C(=O)NN(C(N)=O)c2ccc(F)cc2F)CC1. The Kier molecular flexibility index (Phi) is 6.93. The third-order valence-electron chi connectivity index (χ3n) is 6.52. The van der Waals surface area contributed by atoms with E-state index in [0.717, 1.165) is 69.4 Å². The Hall–Kier alpha value is -3.00. The molecule has 176 valence electrons. The lowest BCUT2D eigenvalue weighted by atomic mass is 9.84. The molecule has 2 aromatic carbocycles. The third-order valence-corrected chi connectivity index (χ3v) is 6.52. The number of carbonyl (C=O) groups is 2. The number of urea groups is 1. The summed E-state index contributed by atoms with van der Waals surface area (Å²) in [6.45, 7) is 5.18. The second kappa shape index (κ2) is 9.87. The van der Waals surface area contributed by atoms with Gasteiger partial charge in [-0.3, -0.25) is 10.2 Å². The molecule has 1 aliphatic heterocycles. The van der Waals surface area contributed by atoms with Crippen molar-refractivity contribution in [2.45, 2.75) is 50.9 Å². The number of halogens is 2. The van der Waals surface area contributed by atoms with Gasteiger partial charge < -0.3 is 10.6 Å². The second-order valence-electron chi connectivity index (χ2n) is 8.95. The molecule has 0 aromatic heterocycles. The summed E-state index contributed by atoms with van der Waals surface area (Å²) in [5.74, 6) is -1.58. The molecule has 1 saturated heterocycles. The number of nitrogens with one attached hydrogen (secondary N) is 1. The standard InChI is InChI=1S/C25H30F2N4O2/c1-2-11-30-12-9-17(10-13-30)21-14-18(16-3-4-16)5-7-20(21)24(32)29-31(25(28)33)23-8-6-19(26)15-22(23)27/h5-8,14-17H,2-4,9-13H2,1H3,(H2,28,33)(H,29,32). The number of amides is 3. The zero-order valence-electron chi connectivity index (χ0n) is 18.8. The molecule has 0 bridgehead atoms. The van der Waals surface area contributed by atoms with Gasteiger partial charge in [-0.05, 0) is 92.9 Å². The van der Waals surface area contributed by atoms with E-state index in [4.69, 9.17) is 5.73 Å². The molecule has 1 aliphatic carbocycles. The van der Waals surface area contributed by atoms with Gasteiger partial charge in [0.25, 0.3) is 5.91 Å². The van der Waals surface area contributed by atoms with Crippen molar-refractivity contribution >= 4 is 17.6 Å².